The Balaban J connectivity index is 1.35. The number of rotatable bonds is 14. The molecule has 1 heterocycles. The summed E-state index contributed by atoms with van der Waals surface area (Å²) in [6.07, 6.45) is 5.28. The van der Waals surface area contributed by atoms with Crippen LogP contribution in [0.5, 0.6) is 11.5 Å². The Kier molecular flexibility index (Phi) is 10.9. The van der Waals surface area contributed by atoms with Crippen molar-refractivity contribution in [1.82, 2.24) is 10.2 Å². The molecule has 0 saturated carbocycles. The lowest BCUT2D eigenvalue weighted by molar-refractivity contribution is -0.137. The van der Waals surface area contributed by atoms with Crippen LogP contribution in [0.1, 0.15) is 69.9 Å². The first-order chi connectivity index (χ1) is 22.4. The Bertz CT molecular complexity index is 1580. The van der Waals surface area contributed by atoms with Gasteiger partial charge in [-0.05, 0) is 79.8 Å². The third-order valence-electron chi connectivity index (χ3n) is 8.79. The predicted molar refractivity (Wildman–Crippen MR) is 179 cm³/mol. The summed E-state index contributed by atoms with van der Waals surface area (Å²) in [7, 11) is 3.01. The lowest BCUT2D eigenvalue weighted by Crippen LogP contribution is -2.45. The van der Waals surface area contributed by atoms with Gasteiger partial charge in [0.25, 0.3) is 11.7 Å². The van der Waals surface area contributed by atoms with Crippen LogP contribution in [0.3, 0.4) is 0 Å². The molecule has 1 N–H and O–H groups in total. The topological polar surface area (TPSA) is 84.9 Å². The number of hydrogen-bond acceptors (Lipinski definition) is 5. The fourth-order valence-corrected chi connectivity index (χ4v) is 6.29. The molecule has 1 atom stereocenters. The van der Waals surface area contributed by atoms with Gasteiger partial charge in [0.15, 0.2) is 0 Å². The second-order valence-corrected chi connectivity index (χ2v) is 11.8. The van der Waals surface area contributed by atoms with E-state index in [1.54, 1.807) is 12.1 Å². The molecule has 46 heavy (non-hydrogen) atoms. The van der Waals surface area contributed by atoms with Gasteiger partial charge in [-0.2, -0.15) is 0 Å². The normalized spacial score (nSPS) is 13.7. The van der Waals surface area contributed by atoms with Gasteiger partial charge >= 0.3 is 0 Å². The Morgan fingerprint density at radius 3 is 1.85 bits per heavy atom. The zero-order valence-corrected chi connectivity index (χ0v) is 26.8. The lowest BCUT2D eigenvalue weighted by atomic mass is 9.98. The first kappa shape index (κ1) is 32.5. The number of ketones is 1. The number of fused-ring (bicyclic) bond motifs is 1. The van der Waals surface area contributed by atoms with Crippen LogP contribution in [0.15, 0.2) is 97.1 Å². The molecule has 1 aliphatic rings. The summed E-state index contributed by atoms with van der Waals surface area (Å²) in [6.45, 7) is 1.99. The van der Waals surface area contributed by atoms with Crippen LogP contribution in [0, 0.1) is 6.92 Å². The molecule has 0 fully saturated rings. The van der Waals surface area contributed by atoms with E-state index in [9.17, 15) is 14.4 Å². The van der Waals surface area contributed by atoms with Crippen LogP contribution < -0.4 is 14.8 Å². The number of hydrogen-bond donors (Lipinski definition) is 1. The maximum absolute atomic E-state index is 14.1. The van der Waals surface area contributed by atoms with E-state index in [1.807, 2.05) is 67.6 Å². The van der Waals surface area contributed by atoms with Gasteiger partial charge < -0.3 is 19.7 Å². The highest BCUT2D eigenvalue weighted by Gasteiger charge is 2.41. The van der Waals surface area contributed by atoms with Crippen molar-refractivity contribution in [2.24, 2.45) is 0 Å². The molecule has 0 aromatic heterocycles. The summed E-state index contributed by atoms with van der Waals surface area (Å²) in [5.41, 5.74) is 5.01. The molecule has 0 spiro atoms. The van der Waals surface area contributed by atoms with Crippen molar-refractivity contribution in [3.05, 3.63) is 130 Å². The fraction of sp³-hybridized carbons (Fsp3) is 0.308. The number of methoxy groups -OCH3 is 2. The summed E-state index contributed by atoms with van der Waals surface area (Å²) in [5, 5.41) is 3.30. The van der Waals surface area contributed by atoms with Gasteiger partial charge in [0.1, 0.15) is 17.5 Å². The molecule has 0 bridgehead atoms. The van der Waals surface area contributed by atoms with Crippen molar-refractivity contribution in [3.8, 4) is 11.5 Å². The molecule has 4 aromatic carbocycles. The minimum atomic E-state index is -0.910. The fourth-order valence-electron chi connectivity index (χ4n) is 6.29. The Morgan fingerprint density at radius 2 is 1.30 bits per heavy atom. The van der Waals surface area contributed by atoms with Gasteiger partial charge in [-0.1, -0.05) is 84.9 Å². The maximum Gasteiger partial charge on any atom is 0.296 e. The third-order valence-corrected chi connectivity index (χ3v) is 8.79. The van der Waals surface area contributed by atoms with Gasteiger partial charge in [-0.25, -0.2) is 0 Å². The van der Waals surface area contributed by atoms with Gasteiger partial charge in [-0.3, -0.25) is 14.4 Å². The van der Waals surface area contributed by atoms with E-state index in [-0.39, 0.29) is 24.1 Å². The van der Waals surface area contributed by atoms with Crippen LogP contribution in [-0.4, -0.2) is 42.8 Å². The van der Waals surface area contributed by atoms with E-state index in [0.717, 1.165) is 55.2 Å². The Hall–Kier alpha value is -4.91. The van der Waals surface area contributed by atoms with Crippen molar-refractivity contribution in [1.29, 1.82) is 0 Å². The summed E-state index contributed by atoms with van der Waals surface area (Å²) in [6, 6.07) is 30.3. The standard InChI is InChI=1S/C39H42N2O5/c1-27-34(45-2)24-31(25-35(27)46-3)37(42)39(44)41-26-30-20-10-11-23-33(30)36(41)38(43)40-32(21-12-18-28-14-6-4-7-15-28)22-13-19-29-16-8-5-9-17-29/h4-11,14-17,20,23-25,32,36H,12-13,18-19,21-22,26H2,1-3H3,(H,40,43)/t36-/m0/s1. The van der Waals surface area contributed by atoms with Crippen molar-refractivity contribution in [2.45, 2.75) is 64.1 Å². The molecule has 7 heteroatoms. The van der Waals surface area contributed by atoms with Crippen LogP contribution in [0.25, 0.3) is 0 Å². The van der Waals surface area contributed by atoms with Gasteiger partial charge in [0.05, 0.1) is 14.2 Å². The monoisotopic (exact) mass is 618 g/mol. The number of Topliss-reactive ketones (excluding diaryl/α,β-unsaturated/α-hetero) is 1. The number of carbonyl (C=O) groups excluding carboxylic acids is 3. The average Bonchev–Trinajstić information content (AvgIpc) is 3.48. The van der Waals surface area contributed by atoms with E-state index in [4.69, 9.17) is 9.47 Å². The summed E-state index contributed by atoms with van der Waals surface area (Å²) in [4.78, 5) is 43.1. The molecular formula is C39H42N2O5. The van der Waals surface area contributed by atoms with E-state index in [1.165, 1.54) is 30.2 Å². The summed E-state index contributed by atoms with van der Waals surface area (Å²) >= 11 is 0. The molecule has 0 aliphatic carbocycles. The number of carbonyl (C=O) groups is 3. The minimum Gasteiger partial charge on any atom is -0.496 e. The molecular weight excluding hydrogens is 576 g/mol. The van der Waals surface area contributed by atoms with Gasteiger partial charge in [0.2, 0.25) is 5.91 Å². The Labute approximate surface area is 271 Å². The number of amides is 2. The highest BCUT2D eigenvalue weighted by atomic mass is 16.5. The van der Waals surface area contributed by atoms with Crippen molar-refractivity contribution in [2.75, 3.05) is 14.2 Å². The molecule has 0 unspecified atom stereocenters. The highest BCUT2D eigenvalue weighted by molar-refractivity contribution is 6.43. The highest BCUT2D eigenvalue weighted by Crippen LogP contribution is 2.36. The minimum absolute atomic E-state index is 0.0778. The first-order valence-corrected chi connectivity index (χ1v) is 15.9. The van der Waals surface area contributed by atoms with E-state index < -0.39 is 17.7 Å². The first-order valence-electron chi connectivity index (χ1n) is 15.9. The molecule has 4 aromatic rings. The van der Waals surface area contributed by atoms with Crippen molar-refractivity contribution < 1.29 is 23.9 Å². The van der Waals surface area contributed by atoms with Crippen LogP contribution in [-0.2, 0) is 29.0 Å². The number of nitrogens with zero attached hydrogens (tertiary/aromatic N) is 1. The third kappa shape index (κ3) is 7.65. The molecule has 2 amide bonds. The van der Waals surface area contributed by atoms with Gasteiger partial charge in [0, 0.05) is 23.7 Å². The van der Waals surface area contributed by atoms with E-state index in [2.05, 4.69) is 29.6 Å². The second kappa shape index (κ2) is 15.4. The quantitative estimate of drug-likeness (QED) is 0.124. The lowest BCUT2D eigenvalue weighted by Gasteiger charge is -2.27. The van der Waals surface area contributed by atoms with E-state index in [0.29, 0.717) is 11.5 Å². The van der Waals surface area contributed by atoms with Crippen LogP contribution >= 0.6 is 0 Å². The number of aryl methyl sites for hydroxylation is 2. The SMILES string of the molecule is COc1cc(C(=O)C(=O)N2Cc3ccccc3[C@H]2C(=O)NC(CCCc2ccccc2)CCCc2ccccc2)cc(OC)c1C. The zero-order chi connectivity index (χ0) is 32.5. The largest absolute Gasteiger partial charge is 0.496 e. The second-order valence-electron chi connectivity index (χ2n) is 11.8. The van der Waals surface area contributed by atoms with Crippen LogP contribution in [0.4, 0.5) is 0 Å². The zero-order valence-electron chi connectivity index (χ0n) is 26.8. The number of nitrogens with one attached hydrogen (secondary N) is 1. The number of benzene rings is 4. The van der Waals surface area contributed by atoms with E-state index >= 15 is 0 Å². The van der Waals surface area contributed by atoms with Crippen LogP contribution in [0.2, 0.25) is 0 Å². The molecule has 238 valence electrons. The average molecular weight is 619 g/mol. The number of ether oxygens (including phenoxy) is 2. The molecule has 5 rings (SSSR count). The predicted octanol–water partition coefficient (Wildman–Crippen LogP) is 6.81. The molecule has 1 aliphatic heterocycles. The molecule has 0 saturated heterocycles. The Morgan fingerprint density at radius 1 is 0.783 bits per heavy atom. The van der Waals surface area contributed by atoms with Gasteiger partial charge in [-0.15, -0.1) is 0 Å². The summed E-state index contributed by atoms with van der Waals surface area (Å²) in [5.74, 6) is -0.834. The molecule has 0 radical (unpaired) electrons. The maximum atomic E-state index is 14.1. The van der Waals surface area contributed by atoms with Crippen molar-refractivity contribution in [3.63, 3.8) is 0 Å². The molecule has 7 nitrogen and oxygen atoms in total. The smallest absolute Gasteiger partial charge is 0.296 e. The van der Waals surface area contributed by atoms with Crippen molar-refractivity contribution >= 4 is 17.6 Å². The summed E-state index contributed by atoms with van der Waals surface area (Å²) < 4.78 is 10.9.